The summed E-state index contributed by atoms with van der Waals surface area (Å²) in [5.74, 6) is -2.63. The summed E-state index contributed by atoms with van der Waals surface area (Å²) in [6.07, 6.45) is 2.99. The minimum atomic E-state index is -1.04. The Morgan fingerprint density at radius 2 is 1.49 bits per heavy atom. The van der Waals surface area contributed by atoms with Crippen LogP contribution in [0.3, 0.4) is 0 Å². The van der Waals surface area contributed by atoms with Crippen LogP contribution in [0.2, 0.25) is 0 Å². The molecule has 0 radical (unpaired) electrons. The Morgan fingerprint density at radius 3 is 2.15 bits per heavy atom. The van der Waals surface area contributed by atoms with Crippen LogP contribution in [-0.2, 0) is 28.7 Å². The lowest BCUT2D eigenvalue weighted by Gasteiger charge is -2.47. The number of alkyl carbamates (subject to hydrolysis) is 1. The molecule has 1 saturated heterocycles. The number of thioether (sulfide) groups is 1. The lowest BCUT2D eigenvalue weighted by molar-refractivity contribution is -0.137. The summed E-state index contributed by atoms with van der Waals surface area (Å²) in [5.41, 5.74) is 0.115. The predicted molar refractivity (Wildman–Crippen MR) is 229 cm³/mol. The van der Waals surface area contributed by atoms with E-state index in [0.29, 0.717) is 30.4 Å². The number of rotatable bonds is 20. The summed E-state index contributed by atoms with van der Waals surface area (Å²) in [7, 11) is 0. The minimum absolute atomic E-state index is 0.0516. The number of carboxylic acids is 1. The average Bonchev–Trinajstić information content (AvgIpc) is 3.21. The molecule has 18 heteroatoms. The van der Waals surface area contributed by atoms with E-state index in [9.17, 15) is 38.7 Å². The fraction of sp³-hybridized carbons (Fsp3) is 0.558. The third-order valence-corrected chi connectivity index (χ3v) is 11.8. The van der Waals surface area contributed by atoms with Crippen molar-refractivity contribution in [3.05, 3.63) is 59.7 Å². The normalized spacial score (nSPS) is 18.6. The van der Waals surface area contributed by atoms with Gasteiger partial charge in [0.05, 0.1) is 25.2 Å². The molecule has 2 fully saturated rings. The molecular formula is C43H61N7O10S. The van der Waals surface area contributed by atoms with E-state index in [-0.39, 0.29) is 55.4 Å². The molecule has 4 rings (SSSR count). The number of ether oxygens (including phenoxy) is 1. The molecule has 1 saturated carbocycles. The molecule has 0 bridgehead atoms. The molecule has 5 atom stereocenters. The SMILES string of the molecule is Cc1c(O)cccc1C(=O)N[C@@H](CSc1ccccc1)[C@@H](CN1C[C@H]2CCCC[C@H]2C[C@H]1C(=O)NC(C)(C)C)OC(=O)NCC(=O)NCC(=O)NCC(=O)NCCCC(=O)O. The van der Waals surface area contributed by atoms with Crippen molar-refractivity contribution in [1.29, 1.82) is 0 Å². The molecule has 0 spiro atoms. The molecular weight excluding hydrogens is 807 g/mol. The highest BCUT2D eigenvalue weighted by molar-refractivity contribution is 7.99. The second-order valence-corrected chi connectivity index (χ2v) is 17.7. The summed E-state index contributed by atoms with van der Waals surface area (Å²) >= 11 is 1.44. The number of phenols is 1. The highest BCUT2D eigenvalue weighted by Gasteiger charge is 2.43. The van der Waals surface area contributed by atoms with E-state index in [1.807, 2.05) is 51.1 Å². The van der Waals surface area contributed by atoms with Crippen LogP contribution in [-0.4, -0.2) is 125 Å². The number of aromatic hydroxyl groups is 1. The smallest absolute Gasteiger partial charge is 0.407 e. The molecule has 61 heavy (non-hydrogen) atoms. The number of nitrogens with zero attached hydrogens (tertiary/aromatic N) is 1. The zero-order valence-electron chi connectivity index (χ0n) is 35.4. The number of aliphatic carboxylic acids is 1. The number of hydrogen-bond acceptors (Lipinski definition) is 11. The molecule has 2 aliphatic rings. The van der Waals surface area contributed by atoms with E-state index in [1.165, 1.54) is 17.8 Å². The topological polar surface area (TPSA) is 245 Å². The molecule has 8 N–H and O–H groups in total. The molecule has 6 amide bonds. The first-order valence-corrected chi connectivity index (χ1v) is 21.8. The third kappa shape index (κ3) is 16.6. The van der Waals surface area contributed by atoms with Crippen molar-refractivity contribution in [3.8, 4) is 5.75 Å². The number of likely N-dealkylation sites (tertiary alicyclic amines) is 1. The van der Waals surface area contributed by atoms with Gasteiger partial charge in [0, 0.05) is 53.4 Å². The fourth-order valence-electron chi connectivity index (χ4n) is 7.51. The van der Waals surface area contributed by atoms with Crippen LogP contribution >= 0.6 is 11.8 Å². The number of hydrogen-bond donors (Lipinski definition) is 8. The molecule has 1 aliphatic heterocycles. The molecule has 0 aromatic heterocycles. The Balaban J connectivity index is 1.51. The number of carboxylic acid groups (broad SMARTS) is 1. The Morgan fingerprint density at radius 1 is 0.852 bits per heavy atom. The average molecular weight is 868 g/mol. The van der Waals surface area contributed by atoms with Gasteiger partial charge in [-0.2, -0.15) is 0 Å². The first kappa shape index (κ1) is 48.3. The molecule has 334 valence electrons. The number of fused-ring (bicyclic) bond motifs is 1. The summed E-state index contributed by atoms with van der Waals surface area (Å²) in [6.45, 7) is 6.76. The first-order valence-electron chi connectivity index (χ1n) is 20.8. The number of piperidine rings is 1. The quantitative estimate of drug-likeness (QED) is 0.0708. The van der Waals surface area contributed by atoms with Gasteiger partial charge >= 0.3 is 12.1 Å². The maximum absolute atomic E-state index is 14.0. The standard InChI is InChI=1S/C43H61N7O10S/c1-27-31(16-10-17-34(27)51)40(57)48-32(26-61-30-14-6-5-7-15-30)35(25-50-24-29-13-9-8-12-28(29)20-33(50)41(58)49-43(2,3)4)60-42(59)47-23-38(54)46-22-37(53)45-21-36(52)44-19-11-18-39(55)56/h5-7,10,14-17,28-29,32-33,35,51H,8-9,11-13,18-26H2,1-4H3,(H,44,52)(H,45,53)(H,46,54)(H,47,59)(H,48,57)(H,49,58)(H,55,56)/t28-,29+,32-,33-,35+/m0/s1. The zero-order valence-corrected chi connectivity index (χ0v) is 36.2. The third-order valence-electron chi connectivity index (χ3n) is 10.6. The maximum atomic E-state index is 14.0. The van der Waals surface area contributed by atoms with Gasteiger partial charge in [-0.1, -0.05) is 43.5 Å². The lowest BCUT2D eigenvalue weighted by atomic mass is 9.72. The monoisotopic (exact) mass is 867 g/mol. The summed E-state index contributed by atoms with van der Waals surface area (Å²) in [6, 6.07) is 12.8. The molecule has 1 heterocycles. The summed E-state index contributed by atoms with van der Waals surface area (Å²) in [4.78, 5) is 92.0. The predicted octanol–water partition coefficient (Wildman–Crippen LogP) is 2.69. The van der Waals surface area contributed by atoms with Crippen molar-refractivity contribution < 1.29 is 48.5 Å². The highest BCUT2D eigenvalue weighted by atomic mass is 32.2. The number of carbonyl (C=O) groups excluding carboxylic acids is 6. The maximum Gasteiger partial charge on any atom is 0.407 e. The Hall–Kier alpha value is -5.36. The van der Waals surface area contributed by atoms with Crippen LogP contribution in [0.1, 0.15) is 81.6 Å². The van der Waals surface area contributed by atoms with Gasteiger partial charge in [-0.3, -0.25) is 33.7 Å². The van der Waals surface area contributed by atoms with Crippen LogP contribution in [0, 0.1) is 18.8 Å². The van der Waals surface area contributed by atoms with Crippen molar-refractivity contribution in [1.82, 2.24) is 36.8 Å². The fourth-order valence-corrected chi connectivity index (χ4v) is 8.53. The van der Waals surface area contributed by atoms with Gasteiger partial charge in [-0.25, -0.2) is 4.79 Å². The number of amides is 6. The molecule has 0 unspecified atom stereocenters. The number of benzene rings is 2. The second-order valence-electron chi connectivity index (χ2n) is 16.6. The van der Waals surface area contributed by atoms with Crippen molar-refractivity contribution >= 4 is 53.4 Å². The second kappa shape index (κ2) is 23.6. The van der Waals surface area contributed by atoms with E-state index >= 15 is 0 Å². The Labute approximate surface area is 361 Å². The minimum Gasteiger partial charge on any atom is -0.508 e. The summed E-state index contributed by atoms with van der Waals surface area (Å²) in [5, 5.41) is 35.0. The number of phenolic OH excluding ortho intramolecular Hbond substituents is 1. The van der Waals surface area contributed by atoms with Gasteiger partial charge in [0.25, 0.3) is 5.91 Å². The highest BCUT2D eigenvalue weighted by Crippen LogP contribution is 2.39. The van der Waals surface area contributed by atoms with Crippen molar-refractivity contribution in [3.63, 3.8) is 0 Å². The van der Waals surface area contributed by atoms with Crippen molar-refractivity contribution in [2.24, 2.45) is 11.8 Å². The van der Waals surface area contributed by atoms with Crippen molar-refractivity contribution in [2.45, 2.75) is 101 Å². The van der Waals surface area contributed by atoms with Gasteiger partial charge in [0.2, 0.25) is 23.6 Å². The summed E-state index contributed by atoms with van der Waals surface area (Å²) < 4.78 is 6.12. The van der Waals surface area contributed by atoms with Gasteiger partial charge in [-0.15, -0.1) is 11.8 Å². The van der Waals surface area contributed by atoms with Gasteiger partial charge in [0.15, 0.2) is 0 Å². The van der Waals surface area contributed by atoms with E-state index in [4.69, 9.17) is 9.84 Å². The van der Waals surface area contributed by atoms with E-state index in [1.54, 1.807) is 19.1 Å². The Kier molecular flexibility index (Phi) is 18.7. The van der Waals surface area contributed by atoms with Crippen LogP contribution in [0.15, 0.2) is 53.4 Å². The molecule has 17 nitrogen and oxygen atoms in total. The van der Waals surface area contributed by atoms with Crippen LogP contribution in [0.5, 0.6) is 5.75 Å². The van der Waals surface area contributed by atoms with Crippen LogP contribution in [0.4, 0.5) is 4.79 Å². The molecule has 1 aliphatic carbocycles. The molecule has 2 aromatic carbocycles. The Bertz CT molecular complexity index is 1840. The van der Waals surface area contributed by atoms with Crippen molar-refractivity contribution in [2.75, 3.05) is 45.0 Å². The van der Waals surface area contributed by atoms with E-state index in [0.717, 1.165) is 30.6 Å². The number of carbonyl (C=O) groups is 7. The van der Waals surface area contributed by atoms with Gasteiger partial charge < -0.3 is 46.9 Å². The number of nitrogens with one attached hydrogen (secondary N) is 6. The zero-order chi connectivity index (χ0) is 44.5. The first-order chi connectivity index (χ1) is 29.0. The largest absolute Gasteiger partial charge is 0.508 e. The molecule has 2 aromatic rings. The van der Waals surface area contributed by atoms with Crippen LogP contribution in [0.25, 0.3) is 0 Å². The van der Waals surface area contributed by atoms with E-state index < -0.39 is 72.5 Å². The van der Waals surface area contributed by atoms with Gasteiger partial charge in [-0.05, 0) is 83.1 Å². The lowest BCUT2D eigenvalue weighted by Crippen LogP contribution is -2.61. The van der Waals surface area contributed by atoms with Crippen LogP contribution < -0.4 is 31.9 Å². The van der Waals surface area contributed by atoms with E-state index in [2.05, 4.69) is 36.8 Å². The van der Waals surface area contributed by atoms with Gasteiger partial charge in [0.1, 0.15) is 18.4 Å².